The highest BCUT2D eigenvalue weighted by Gasteiger charge is 2.30. The smallest absolute Gasteiger partial charge is 0.177 e. The van der Waals surface area contributed by atoms with Crippen molar-refractivity contribution < 1.29 is 4.79 Å². The van der Waals surface area contributed by atoms with E-state index in [9.17, 15) is 4.79 Å². The summed E-state index contributed by atoms with van der Waals surface area (Å²) in [4.78, 5) is 17.3. The van der Waals surface area contributed by atoms with Crippen LogP contribution in [-0.4, -0.2) is 10.8 Å². The maximum atomic E-state index is 12.3. The van der Waals surface area contributed by atoms with Gasteiger partial charge in [-0.25, -0.2) is 4.98 Å². The Morgan fingerprint density at radius 2 is 1.94 bits per heavy atom. The van der Waals surface area contributed by atoms with E-state index in [1.54, 1.807) is 6.20 Å². The Hall–Kier alpha value is -0.700. The van der Waals surface area contributed by atoms with E-state index < -0.39 is 0 Å². The minimum atomic E-state index is 0.235. The summed E-state index contributed by atoms with van der Waals surface area (Å²) in [6.45, 7) is 6.47. The summed E-state index contributed by atoms with van der Waals surface area (Å²) in [7, 11) is 0. The van der Waals surface area contributed by atoms with Gasteiger partial charge in [-0.2, -0.15) is 0 Å². The summed E-state index contributed by atoms with van der Waals surface area (Å²) in [5.74, 6) is 1.93. The van der Waals surface area contributed by atoms with Crippen LogP contribution in [0.5, 0.6) is 0 Å². The molecule has 0 N–H and O–H groups in total. The average Bonchev–Trinajstić information content (AvgIpc) is 2.62. The van der Waals surface area contributed by atoms with Crippen LogP contribution in [0, 0.1) is 24.7 Å². The molecule has 0 spiro atoms. The van der Waals surface area contributed by atoms with Crippen molar-refractivity contribution >= 4 is 17.1 Å². The molecule has 0 radical (unpaired) electrons. The number of carbonyl (C=O) groups is 1. The van der Waals surface area contributed by atoms with Gasteiger partial charge in [-0.3, -0.25) is 4.79 Å². The summed E-state index contributed by atoms with van der Waals surface area (Å²) in [6, 6.07) is 0. The van der Waals surface area contributed by atoms with Crippen LogP contribution in [-0.2, 0) is 0 Å². The Morgan fingerprint density at radius 1 is 1.31 bits per heavy atom. The fourth-order valence-corrected chi connectivity index (χ4v) is 3.63. The van der Waals surface area contributed by atoms with E-state index in [2.05, 4.69) is 18.8 Å². The predicted octanol–water partition coefficient (Wildman–Crippen LogP) is 3.71. The molecule has 1 aliphatic carbocycles. The van der Waals surface area contributed by atoms with E-state index in [4.69, 9.17) is 0 Å². The van der Waals surface area contributed by atoms with Gasteiger partial charge in [0.2, 0.25) is 0 Å². The van der Waals surface area contributed by atoms with Crippen molar-refractivity contribution in [2.24, 2.45) is 17.8 Å². The second kappa shape index (κ2) is 4.66. The molecule has 0 bridgehead atoms. The third-order valence-corrected chi connectivity index (χ3v) is 4.34. The molecule has 2 atom stereocenters. The molecule has 0 aromatic carbocycles. The largest absolute Gasteiger partial charge is 0.293 e. The first-order chi connectivity index (χ1) is 7.56. The van der Waals surface area contributed by atoms with Crippen molar-refractivity contribution in [2.45, 2.75) is 40.0 Å². The van der Waals surface area contributed by atoms with Crippen LogP contribution < -0.4 is 0 Å². The number of Topliss-reactive ketones (excluding diaryl/α,β-unsaturated/α-hetero) is 1. The third kappa shape index (κ3) is 2.51. The van der Waals surface area contributed by atoms with Gasteiger partial charge < -0.3 is 0 Å². The standard InChI is InChI=1S/C13H19NOS/c1-8-4-9(2)6-11(5-8)13(15)12-7-14-10(3)16-12/h7-9,11H,4-6H2,1-3H3. The van der Waals surface area contributed by atoms with Crippen LogP contribution in [0.25, 0.3) is 0 Å². The summed E-state index contributed by atoms with van der Waals surface area (Å²) in [6.07, 6.45) is 5.12. The molecule has 2 rings (SSSR count). The molecule has 1 heterocycles. The molecule has 0 saturated heterocycles. The molecule has 3 heteroatoms. The van der Waals surface area contributed by atoms with Crippen molar-refractivity contribution in [1.29, 1.82) is 0 Å². The maximum absolute atomic E-state index is 12.3. The number of nitrogens with zero attached hydrogens (tertiary/aromatic N) is 1. The van der Waals surface area contributed by atoms with E-state index in [0.717, 1.165) is 22.7 Å². The molecule has 1 saturated carbocycles. The van der Waals surface area contributed by atoms with Crippen molar-refractivity contribution in [3.63, 3.8) is 0 Å². The van der Waals surface area contributed by atoms with Crippen LogP contribution >= 0.6 is 11.3 Å². The lowest BCUT2D eigenvalue weighted by molar-refractivity contribution is 0.0840. The number of aromatic nitrogens is 1. The number of rotatable bonds is 2. The zero-order chi connectivity index (χ0) is 11.7. The summed E-state index contributed by atoms with van der Waals surface area (Å²) in [5.41, 5.74) is 0. The van der Waals surface area contributed by atoms with Gasteiger partial charge in [-0.1, -0.05) is 13.8 Å². The van der Waals surface area contributed by atoms with E-state index >= 15 is 0 Å². The number of hydrogen-bond donors (Lipinski definition) is 0. The fraction of sp³-hybridized carbons (Fsp3) is 0.692. The molecule has 1 aromatic heterocycles. The predicted molar refractivity (Wildman–Crippen MR) is 66.9 cm³/mol. The Morgan fingerprint density at radius 3 is 2.44 bits per heavy atom. The lowest BCUT2D eigenvalue weighted by Crippen LogP contribution is -2.25. The van der Waals surface area contributed by atoms with Gasteiger partial charge >= 0.3 is 0 Å². The van der Waals surface area contributed by atoms with Crippen LogP contribution in [0.2, 0.25) is 0 Å². The van der Waals surface area contributed by atoms with Crippen molar-refractivity contribution in [2.75, 3.05) is 0 Å². The molecule has 1 fully saturated rings. The Balaban J connectivity index is 2.09. The summed E-state index contributed by atoms with van der Waals surface area (Å²) in [5, 5.41) is 0.986. The number of thiazole rings is 1. The number of aryl methyl sites for hydroxylation is 1. The fourth-order valence-electron chi connectivity index (χ4n) is 2.84. The lowest BCUT2D eigenvalue weighted by Gasteiger charge is -2.30. The molecular formula is C13H19NOS. The van der Waals surface area contributed by atoms with E-state index in [0.29, 0.717) is 17.6 Å². The molecule has 16 heavy (non-hydrogen) atoms. The second-order valence-corrected chi connectivity index (χ2v) is 6.46. The highest BCUT2D eigenvalue weighted by atomic mass is 32.1. The maximum Gasteiger partial charge on any atom is 0.177 e. The van der Waals surface area contributed by atoms with Gasteiger partial charge in [0.1, 0.15) is 0 Å². The summed E-state index contributed by atoms with van der Waals surface area (Å²) >= 11 is 1.53. The van der Waals surface area contributed by atoms with Gasteiger partial charge in [0.25, 0.3) is 0 Å². The molecule has 2 unspecified atom stereocenters. The minimum Gasteiger partial charge on any atom is -0.293 e. The van der Waals surface area contributed by atoms with Gasteiger partial charge in [-0.15, -0.1) is 11.3 Å². The quantitative estimate of drug-likeness (QED) is 0.734. The van der Waals surface area contributed by atoms with Gasteiger partial charge in [0.05, 0.1) is 9.88 Å². The molecule has 1 aromatic rings. The Bertz CT molecular complexity index is 375. The van der Waals surface area contributed by atoms with E-state index in [1.807, 2.05) is 6.92 Å². The number of hydrogen-bond acceptors (Lipinski definition) is 3. The zero-order valence-electron chi connectivity index (χ0n) is 10.2. The Kier molecular flexibility index (Phi) is 3.43. The average molecular weight is 237 g/mol. The number of ketones is 1. The van der Waals surface area contributed by atoms with Crippen LogP contribution in [0.1, 0.15) is 47.8 Å². The SMILES string of the molecule is Cc1ncc(C(=O)C2CC(C)CC(C)C2)s1. The monoisotopic (exact) mass is 237 g/mol. The normalized spacial score (nSPS) is 30.3. The van der Waals surface area contributed by atoms with E-state index in [-0.39, 0.29) is 5.92 Å². The zero-order valence-corrected chi connectivity index (χ0v) is 11.0. The van der Waals surface area contributed by atoms with E-state index in [1.165, 1.54) is 17.8 Å². The van der Waals surface area contributed by atoms with Gasteiger partial charge in [-0.05, 0) is 38.0 Å². The highest BCUT2D eigenvalue weighted by molar-refractivity contribution is 7.13. The van der Waals surface area contributed by atoms with Crippen LogP contribution in [0.4, 0.5) is 0 Å². The first-order valence-corrected chi connectivity index (χ1v) is 6.84. The topological polar surface area (TPSA) is 30.0 Å². The highest BCUT2D eigenvalue weighted by Crippen LogP contribution is 2.35. The van der Waals surface area contributed by atoms with Crippen LogP contribution in [0.15, 0.2) is 6.20 Å². The lowest BCUT2D eigenvalue weighted by atomic mass is 9.75. The first-order valence-electron chi connectivity index (χ1n) is 6.03. The third-order valence-electron chi connectivity index (χ3n) is 3.41. The Labute approximate surface area is 101 Å². The molecule has 88 valence electrons. The second-order valence-electron chi connectivity index (χ2n) is 5.22. The van der Waals surface area contributed by atoms with Gasteiger partial charge in [0, 0.05) is 12.1 Å². The number of carbonyl (C=O) groups excluding carboxylic acids is 1. The van der Waals surface area contributed by atoms with Gasteiger partial charge in [0.15, 0.2) is 5.78 Å². The molecule has 0 amide bonds. The molecule has 1 aliphatic rings. The molecule has 2 nitrogen and oxygen atoms in total. The van der Waals surface area contributed by atoms with Crippen molar-refractivity contribution in [3.8, 4) is 0 Å². The van der Waals surface area contributed by atoms with Crippen molar-refractivity contribution in [3.05, 3.63) is 16.1 Å². The molecule has 0 aliphatic heterocycles. The van der Waals surface area contributed by atoms with Crippen molar-refractivity contribution in [1.82, 2.24) is 4.98 Å². The summed E-state index contributed by atoms with van der Waals surface area (Å²) < 4.78 is 0. The molecular weight excluding hydrogens is 218 g/mol. The van der Waals surface area contributed by atoms with Crippen LogP contribution in [0.3, 0.4) is 0 Å². The first kappa shape index (κ1) is 11.8. The minimum absolute atomic E-state index is 0.235.